The highest BCUT2D eigenvalue weighted by atomic mass is 19.4. The van der Waals surface area contributed by atoms with Crippen LogP contribution >= 0.6 is 0 Å². The first-order chi connectivity index (χ1) is 16.2. The van der Waals surface area contributed by atoms with Gasteiger partial charge in [-0.3, -0.25) is 9.36 Å². The number of alkyl halides is 3. The minimum Gasteiger partial charge on any atom is -0.497 e. The van der Waals surface area contributed by atoms with E-state index < -0.39 is 23.1 Å². The van der Waals surface area contributed by atoms with Crippen molar-refractivity contribution in [3.63, 3.8) is 0 Å². The van der Waals surface area contributed by atoms with Gasteiger partial charge in [0.05, 0.1) is 30.7 Å². The van der Waals surface area contributed by atoms with Crippen LogP contribution in [0, 0.1) is 17.1 Å². The second-order valence-electron chi connectivity index (χ2n) is 7.32. The van der Waals surface area contributed by atoms with Crippen LogP contribution in [0.1, 0.15) is 11.1 Å². The van der Waals surface area contributed by atoms with Gasteiger partial charge >= 0.3 is 6.18 Å². The predicted octanol–water partition coefficient (Wildman–Crippen LogP) is 5.70. The number of nitriles is 1. The molecule has 9 heteroatoms. The van der Waals surface area contributed by atoms with Gasteiger partial charge < -0.3 is 9.47 Å². The van der Waals surface area contributed by atoms with Crippen LogP contribution in [-0.4, -0.2) is 18.8 Å². The van der Waals surface area contributed by atoms with Crippen molar-refractivity contribution in [3.05, 3.63) is 88.1 Å². The quantitative estimate of drug-likeness (QED) is 0.360. The molecule has 1 heterocycles. The van der Waals surface area contributed by atoms with Crippen LogP contribution < -0.4 is 15.0 Å². The molecule has 0 saturated heterocycles. The van der Waals surface area contributed by atoms with Crippen molar-refractivity contribution in [2.24, 2.45) is 0 Å². The maximum absolute atomic E-state index is 14.4. The molecule has 0 amide bonds. The van der Waals surface area contributed by atoms with Crippen molar-refractivity contribution < 1.29 is 27.0 Å². The Morgan fingerprint density at radius 1 is 0.941 bits per heavy atom. The third-order valence-corrected chi connectivity index (χ3v) is 5.39. The molecule has 3 aromatic carbocycles. The molecule has 0 N–H and O–H groups in total. The van der Waals surface area contributed by atoms with Crippen LogP contribution in [-0.2, 0) is 6.18 Å². The highest BCUT2D eigenvalue weighted by Gasteiger charge is 2.34. The van der Waals surface area contributed by atoms with Gasteiger partial charge in [-0.05, 0) is 54.1 Å². The summed E-state index contributed by atoms with van der Waals surface area (Å²) < 4.78 is 65.3. The van der Waals surface area contributed by atoms with Gasteiger partial charge in [0.25, 0.3) is 5.56 Å². The standard InChI is InChI=1S/C25H16F4N2O3/c1-33-17-6-4-16(5-7-17)31-13-20(14-3-8-21(22(26)10-14)25(27,28)29)19-11-18(34-2)9-15(12-30)23(19)24(31)32/h3-11,13H,1-2H3. The summed E-state index contributed by atoms with van der Waals surface area (Å²) in [5.74, 6) is -0.645. The third-order valence-electron chi connectivity index (χ3n) is 5.39. The Kier molecular flexibility index (Phi) is 5.75. The summed E-state index contributed by atoms with van der Waals surface area (Å²) in [4.78, 5) is 13.4. The first kappa shape index (κ1) is 22.9. The molecule has 0 fully saturated rings. The van der Waals surface area contributed by atoms with Crippen molar-refractivity contribution in [1.29, 1.82) is 5.26 Å². The van der Waals surface area contributed by atoms with E-state index in [9.17, 15) is 27.6 Å². The lowest BCUT2D eigenvalue weighted by molar-refractivity contribution is -0.139. The normalized spacial score (nSPS) is 11.3. The van der Waals surface area contributed by atoms with E-state index in [4.69, 9.17) is 9.47 Å². The second-order valence-corrected chi connectivity index (χ2v) is 7.32. The van der Waals surface area contributed by atoms with E-state index in [0.717, 1.165) is 12.1 Å². The number of aromatic nitrogens is 1. The zero-order valence-electron chi connectivity index (χ0n) is 17.9. The van der Waals surface area contributed by atoms with E-state index in [1.165, 1.54) is 37.1 Å². The summed E-state index contributed by atoms with van der Waals surface area (Å²) in [6, 6.07) is 13.8. The van der Waals surface area contributed by atoms with Crippen LogP contribution in [0.25, 0.3) is 27.6 Å². The Hall–Kier alpha value is -4.32. The smallest absolute Gasteiger partial charge is 0.419 e. The molecule has 0 aliphatic rings. The van der Waals surface area contributed by atoms with Gasteiger partial charge in [-0.1, -0.05) is 6.07 Å². The fraction of sp³-hybridized carbons (Fsp3) is 0.120. The fourth-order valence-electron chi connectivity index (χ4n) is 3.72. The molecule has 0 unspecified atom stereocenters. The molecular weight excluding hydrogens is 452 g/mol. The van der Waals surface area contributed by atoms with Gasteiger partial charge in [-0.25, -0.2) is 4.39 Å². The molecule has 0 bridgehead atoms. The summed E-state index contributed by atoms with van der Waals surface area (Å²) in [7, 11) is 2.86. The minimum absolute atomic E-state index is 0.0100. The molecule has 0 saturated carbocycles. The lowest BCUT2D eigenvalue weighted by Crippen LogP contribution is -2.19. The lowest BCUT2D eigenvalue weighted by atomic mass is 9.96. The zero-order chi connectivity index (χ0) is 24.6. The largest absolute Gasteiger partial charge is 0.497 e. The van der Waals surface area contributed by atoms with Gasteiger partial charge in [0.1, 0.15) is 23.4 Å². The summed E-state index contributed by atoms with van der Waals surface area (Å²) in [5, 5.41) is 9.95. The molecule has 0 aliphatic carbocycles. The van der Waals surface area contributed by atoms with Gasteiger partial charge in [0, 0.05) is 22.8 Å². The van der Waals surface area contributed by atoms with Crippen LogP contribution in [0.15, 0.2) is 65.6 Å². The van der Waals surface area contributed by atoms with Gasteiger partial charge in [0.2, 0.25) is 0 Å². The van der Waals surface area contributed by atoms with E-state index in [1.54, 1.807) is 24.3 Å². The average Bonchev–Trinajstić information content (AvgIpc) is 2.82. The number of pyridine rings is 1. The summed E-state index contributed by atoms with van der Waals surface area (Å²) >= 11 is 0. The number of hydrogen-bond acceptors (Lipinski definition) is 4. The zero-order valence-corrected chi connectivity index (χ0v) is 17.9. The van der Waals surface area contributed by atoms with Crippen molar-refractivity contribution in [2.45, 2.75) is 6.18 Å². The lowest BCUT2D eigenvalue weighted by Gasteiger charge is -2.16. The number of hydrogen-bond donors (Lipinski definition) is 0. The highest BCUT2D eigenvalue weighted by Crippen LogP contribution is 2.36. The van der Waals surface area contributed by atoms with Gasteiger partial charge in [-0.2, -0.15) is 18.4 Å². The monoisotopic (exact) mass is 468 g/mol. The molecular formula is C25H16F4N2O3. The number of ether oxygens (including phenoxy) is 2. The van der Waals surface area contributed by atoms with Crippen LogP contribution in [0.2, 0.25) is 0 Å². The topological polar surface area (TPSA) is 64.2 Å². The Morgan fingerprint density at radius 2 is 1.62 bits per heavy atom. The number of nitrogens with zero attached hydrogens (tertiary/aromatic N) is 2. The van der Waals surface area contributed by atoms with Crippen LogP contribution in [0.4, 0.5) is 17.6 Å². The summed E-state index contributed by atoms with van der Waals surface area (Å²) in [5.41, 5.74) is -1.17. The molecule has 4 rings (SSSR count). The van der Waals surface area contributed by atoms with Crippen LogP contribution in [0.3, 0.4) is 0 Å². The maximum Gasteiger partial charge on any atom is 0.419 e. The maximum atomic E-state index is 14.4. The molecule has 1 aromatic heterocycles. The fourth-order valence-corrected chi connectivity index (χ4v) is 3.72. The van der Waals surface area contributed by atoms with Crippen molar-refractivity contribution >= 4 is 10.8 Å². The highest BCUT2D eigenvalue weighted by molar-refractivity contribution is 6.00. The van der Waals surface area contributed by atoms with Crippen LogP contribution in [0.5, 0.6) is 11.5 Å². The molecule has 0 aliphatic heterocycles. The second kappa shape index (κ2) is 8.56. The van der Waals surface area contributed by atoms with E-state index in [0.29, 0.717) is 17.5 Å². The predicted molar refractivity (Wildman–Crippen MR) is 118 cm³/mol. The molecule has 0 radical (unpaired) electrons. The van der Waals surface area contributed by atoms with Gasteiger partial charge in [0.15, 0.2) is 0 Å². The van der Waals surface area contributed by atoms with Gasteiger partial charge in [-0.15, -0.1) is 0 Å². The third kappa shape index (κ3) is 3.94. The molecule has 172 valence electrons. The van der Waals surface area contributed by atoms with E-state index in [1.807, 2.05) is 6.07 Å². The average molecular weight is 468 g/mol. The molecule has 0 spiro atoms. The Balaban J connectivity index is 2.09. The minimum atomic E-state index is -4.86. The van der Waals surface area contributed by atoms with E-state index in [2.05, 4.69) is 0 Å². The SMILES string of the molecule is COc1ccc(-n2cc(-c3ccc(C(F)(F)F)c(F)c3)c3cc(OC)cc(C#N)c3c2=O)cc1. The number of halogens is 4. The van der Waals surface area contributed by atoms with E-state index >= 15 is 0 Å². The number of methoxy groups -OCH3 is 2. The molecule has 4 aromatic rings. The number of rotatable bonds is 4. The van der Waals surface area contributed by atoms with Crippen molar-refractivity contribution in [2.75, 3.05) is 14.2 Å². The number of fused-ring (bicyclic) bond motifs is 1. The first-order valence-corrected chi connectivity index (χ1v) is 9.87. The van der Waals surface area contributed by atoms with E-state index in [-0.39, 0.29) is 33.2 Å². The van der Waals surface area contributed by atoms with Crippen molar-refractivity contribution in [3.8, 4) is 34.4 Å². The Bertz CT molecular complexity index is 1500. The Labute approximate surface area is 191 Å². The van der Waals surface area contributed by atoms with Crippen molar-refractivity contribution in [1.82, 2.24) is 4.57 Å². The molecule has 0 atom stereocenters. The first-order valence-electron chi connectivity index (χ1n) is 9.87. The Morgan fingerprint density at radius 3 is 2.18 bits per heavy atom. The molecule has 34 heavy (non-hydrogen) atoms. The summed E-state index contributed by atoms with van der Waals surface area (Å²) in [6.45, 7) is 0. The summed E-state index contributed by atoms with van der Waals surface area (Å²) in [6.07, 6.45) is -3.46. The molecule has 5 nitrogen and oxygen atoms in total. The number of benzene rings is 3.